The van der Waals surface area contributed by atoms with Gasteiger partial charge in [0.05, 0.1) is 0 Å². The van der Waals surface area contributed by atoms with Gasteiger partial charge in [-0.25, -0.2) is 0 Å². The summed E-state index contributed by atoms with van der Waals surface area (Å²) in [6, 6.07) is 84.9. The maximum absolute atomic E-state index is 2.59. The van der Waals surface area contributed by atoms with Gasteiger partial charge in [0, 0.05) is 5.41 Å². The summed E-state index contributed by atoms with van der Waals surface area (Å²) in [6.07, 6.45) is 11.1. The van der Waals surface area contributed by atoms with E-state index in [-0.39, 0.29) is 5.41 Å². The maximum atomic E-state index is 2.59. The Balaban J connectivity index is 1.02. The lowest BCUT2D eigenvalue weighted by Gasteiger charge is -2.26. The number of hydrogen-bond acceptors (Lipinski definition) is 0. The lowest BCUT2D eigenvalue weighted by atomic mass is 9.79. The second-order valence-corrected chi connectivity index (χ2v) is 20.6. The molecule has 0 N–H and O–H groups in total. The van der Waals surface area contributed by atoms with Gasteiger partial charge in [-0.3, -0.25) is 0 Å². The summed E-state index contributed by atoms with van der Waals surface area (Å²) in [6.45, 7) is 4.84. The fraction of sp³-hybridized carbons (Fsp3) is 0.217. The molecule has 1 fully saturated rings. The smallest absolute Gasteiger partial charge is 0.0159 e. The Bertz CT molecular complexity index is 3090. The molecule has 9 aromatic carbocycles. The van der Waals surface area contributed by atoms with Gasteiger partial charge in [-0.2, -0.15) is 0 Å². The standard InChI is InChI=1S/C69H64/c1-69(2)67-40-38-57(51-25-12-5-13-26-51)47-66(67)65-39-37-58(48-68(65)69)62-42-61(45-64(46-62)63-43-59(52-27-14-6-15-28-52)41-60(44-63)53-29-16-7-17-30-53)54-31-18-19-32-55(49-21-8-3-9-22-49)35-36-56(34-20-33-54)50-23-10-4-11-24-50/h3-17,21-30,37-48,54-56H,18-20,31-36H2,1-2H3. The topological polar surface area (TPSA) is 0 Å². The number of benzene rings is 9. The Hall–Kier alpha value is -7.02. The molecule has 11 rings (SSSR count). The lowest BCUT2D eigenvalue weighted by Crippen LogP contribution is -2.15. The van der Waals surface area contributed by atoms with Gasteiger partial charge in [-0.05, 0) is 187 Å². The van der Waals surface area contributed by atoms with Crippen LogP contribution in [0.4, 0.5) is 0 Å². The predicted octanol–water partition coefficient (Wildman–Crippen LogP) is 19.5. The summed E-state index contributed by atoms with van der Waals surface area (Å²) in [5, 5.41) is 0. The Kier molecular flexibility index (Phi) is 12.8. The van der Waals surface area contributed by atoms with Gasteiger partial charge in [0.15, 0.2) is 0 Å². The van der Waals surface area contributed by atoms with Gasteiger partial charge >= 0.3 is 0 Å². The lowest BCUT2D eigenvalue weighted by molar-refractivity contribution is 0.418. The molecule has 9 aromatic rings. The largest absolute Gasteiger partial charge is 0.0622 e. The van der Waals surface area contributed by atoms with Crippen molar-refractivity contribution in [3.63, 3.8) is 0 Å². The van der Waals surface area contributed by atoms with Crippen LogP contribution in [-0.2, 0) is 5.41 Å². The van der Waals surface area contributed by atoms with Gasteiger partial charge in [0.2, 0.25) is 0 Å². The molecule has 0 nitrogen and oxygen atoms in total. The molecule has 0 saturated heterocycles. The fourth-order valence-electron chi connectivity index (χ4n) is 12.0. The zero-order valence-electron chi connectivity index (χ0n) is 40.5. The maximum Gasteiger partial charge on any atom is 0.0159 e. The highest BCUT2D eigenvalue weighted by molar-refractivity contribution is 5.88. The third-order valence-corrected chi connectivity index (χ3v) is 15.9. The molecule has 340 valence electrons. The summed E-state index contributed by atoms with van der Waals surface area (Å²) < 4.78 is 0. The van der Waals surface area contributed by atoms with Gasteiger partial charge in [-0.1, -0.05) is 221 Å². The monoisotopic (exact) mass is 893 g/mol. The number of fused-ring (bicyclic) bond motifs is 3. The first-order valence-electron chi connectivity index (χ1n) is 25.8. The number of rotatable bonds is 8. The van der Waals surface area contributed by atoms with E-state index in [1.54, 1.807) is 0 Å². The molecule has 0 spiro atoms. The molecule has 0 heteroatoms. The molecule has 3 atom stereocenters. The van der Waals surface area contributed by atoms with Crippen LogP contribution in [0.3, 0.4) is 0 Å². The summed E-state index contributed by atoms with van der Waals surface area (Å²) in [5.74, 6) is 1.63. The van der Waals surface area contributed by atoms with Crippen molar-refractivity contribution in [1.29, 1.82) is 0 Å². The van der Waals surface area contributed by atoms with Gasteiger partial charge in [0.25, 0.3) is 0 Å². The van der Waals surface area contributed by atoms with Crippen molar-refractivity contribution >= 4 is 0 Å². The van der Waals surface area contributed by atoms with Crippen LogP contribution in [0.25, 0.3) is 66.8 Å². The first-order valence-corrected chi connectivity index (χ1v) is 25.8. The molecule has 2 aliphatic carbocycles. The van der Waals surface area contributed by atoms with E-state index in [1.807, 2.05) is 0 Å². The van der Waals surface area contributed by atoms with Crippen LogP contribution in [0, 0.1) is 0 Å². The van der Waals surface area contributed by atoms with Crippen LogP contribution in [0.1, 0.15) is 117 Å². The highest BCUT2D eigenvalue weighted by Gasteiger charge is 2.36. The third-order valence-electron chi connectivity index (χ3n) is 15.9. The van der Waals surface area contributed by atoms with E-state index >= 15 is 0 Å². The fourth-order valence-corrected chi connectivity index (χ4v) is 12.0. The SMILES string of the molecule is CC1(C)c2ccc(-c3ccccc3)cc2-c2ccc(-c3cc(-c4cc(-c5ccccc5)cc(-c5ccccc5)c4)cc(C4CCCCC(c5ccccc5)CCC(c5ccccc5)CCC4)c3)cc21. The Morgan fingerprint density at radius 3 is 1.14 bits per heavy atom. The molecule has 3 unspecified atom stereocenters. The van der Waals surface area contributed by atoms with Crippen molar-refractivity contribution in [3.8, 4) is 66.8 Å². The third kappa shape index (κ3) is 9.56. The number of hydrogen-bond donors (Lipinski definition) is 0. The average molecular weight is 893 g/mol. The minimum Gasteiger partial charge on any atom is -0.0622 e. The van der Waals surface area contributed by atoms with Crippen molar-refractivity contribution < 1.29 is 0 Å². The average Bonchev–Trinajstić information content (AvgIpc) is 3.64. The molecule has 0 amide bonds. The molecular weight excluding hydrogens is 829 g/mol. The van der Waals surface area contributed by atoms with Crippen LogP contribution in [0.15, 0.2) is 224 Å². The van der Waals surface area contributed by atoms with E-state index in [4.69, 9.17) is 0 Å². The summed E-state index contributed by atoms with van der Waals surface area (Å²) in [5.41, 5.74) is 22.6. The molecular formula is C69H64. The van der Waals surface area contributed by atoms with E-state index in [0.29, 0.717) is 17.8 Å². The second-order valence-electron chi connectivity index (χ2n) is 20.6. The van der Waals surface area contributed by atoms with Crippen molar-refractivity contribution in [1.82, 2.24) is 0 Å². The molecule has 0 aromatic heterocycles. The second kappa shape index (κ2) is 19.9. The van der Waals surface area contributed by atoms with Crippen molar-refractivity contribution in [2.45, 2.75) is 94.8 Å². The van der Waals surface area contributed by atoms with Gasteiger partial charge in [-0.15, -0.1) is 0 Å². The Morgan fingerprint density at radius 1 is 0.261 bits per heavy atom. The molecule has 0 bridgehead atoms. The zero-order chi connectivity index (χ0) is 46.6. The van der Waals surface area contributed by atoms with E-state index in [0.717, 1.165) is 0 Å². The van der Waals surface area contributed by atoms with Crippen molar-refractivity contribution in [2.75, 3.05) is 0 Å². The highest BCUT2D eigenvalue weighted by Crippen LogP contribution is 2.51. The summed E-state index contributed by atoms with van der Waals surface area (Å²) in [4.78, 5) is 0. The first kappa shape index (κ1) is 44.5. The molecule has 0 heterocycles. The molecule has 2 aliphatic rings. The Morgan fingerprint density at radius 2 is 0.638 bits per heavy atom. The zero-order valence-corrected chi connectivity index (χ0v) is 40.5. The highest BCUT2D eigenvalue weighted by atomic mass is 14.4. The molecule has 69 heavy (non-hydrogen) atoms. The summed E-state index contributed by atoms with van der Waals surface area (Å²) >= 11 is 0. The molecule has 0 aliphatic heterocycles. The van der Waals surface area contributed by atoms with Crippen molar-refractivity contribution in [3.05, 3.63) is 252 Å². The minimum atomic E-state index is -0.120. The van der Waals surface area contributed by atoms with Crippen molar-refractivity contribution in [2.24, 2.45) is 0 Å². The van der Waals surface area contributed by atoms with Crippen LogP contribution in [-0.4, -0.2) is 0 Å². The van der Waals surface area contributed by atoms with E-state index in [2.05, 4.69) is 238 Å². The van der Waals surface area contributed by atoms with E-state index in [1.165, 1.54) is 152 Å². The molecule has 0 radical (unpaired) electrons. The van der Waals surface area contributed by atoms with Crippen LogP contribution < -0.4 is 0 Å². The van der Waals surface area contributed by atoms with Gasteiger partial charge in [0.1, 0.15) is 0 Å². The predicted molar refractivity (Wildman–Crippen MR) is 294 cm³/mol. The molecule has 1 saturated carbocycles. The minimum absolute atomic E-state index is 0.120. The normalized spacial score (nSPS) is 18.0. The van der Waals surface area contributed by atoms with Crippen LogP contribution >= 0.6 is 0 Å². The van der Waals surface area contributed by atoms with E-state index < -0.39 is 0 Å². The summed E-state index contributed by atoms with van der Waals surface area (Å²) in [7, 11) is 0. The van der Waals surface area contributed by atoms with Crippen LogP contribution in [0.2, 0.25) is 0 Å². The van der Waals surface area contributed by atoms with Gasteiger partial charge < -0.3 is 0 Å². The Labute approximate surface area is 411 Å². The quantitative estimate of drug-likeness (QED) is 0.143. The first-order chi connectivity index (χ1) is 33.9. The van der Waals surface area contributed by atoms with E-state index in [9.17, 15) is 0 Å². The van der Waals surface area contributed by atoms with Crippen LogP contribution in [0.5, 0.6) is 0 Å².